The largest absolute Gasteiger partial charge is 0.465 e. The van der Waals surface area contributed by atoms with Crippen LogP contribution in [0.2, 0.25) is 0 Å². The highest BCUT2D eigenvalue weighted by Crippen LogP contribution is 2.23. The summed E-state index contributed by atoms with van der Waals surface area (Å²) < 4.78 is 9.80. The first-order chi connectivity index (χ1) is 12.9. The van der Waals surface area contributed by atoms with E-state index in [0.29, 0.717) is 22.3 Å². The van der Waals surface area contributed by atoms with E-state index < -0.39 is 16.9 Å². The third kappa shape index (κ3) is 3.74. The fraction of sp³-hybridized carbons (Fsp3) is 0.105. The molecule has 0 amide bonds. The molecule has 0 aliphatic carbocycles. The minimum Gasteiger partial charge on any atom is -0.465 e. The Morgan fingerprint density at radius 1 is 1.22 bits per heavy atom. The van der Waals surface area contributed by atoms with Crippen molar-refractivity contribution >= 4 is 29.6 Å². The molecule has 2 aromatic rings. The Balaban J connectivity index is 1.88. The van der Waals surface area contributed by atoms with Gasteiger partial charge in [0.15, 0.2) is 5.70 Å². The molecule has 27 heavy (non-hydrogen) atoms. The van der Waals surface area contributed by atoms with Crippen molar-refractivity contribution in [3.05, 3.63) is 80.5 Å². The van der Waals surface area contributed by atoms with Gasteiger partial charge in [-0.2, -0.15) is 0 Å². The maximum Gasteiger partial charge on any atom is 0.363 e. The Kier molecular flexibility index (Phi) is 4.80. The first-order valence-electron chi connectivity index (χ1n) is 7.85. The molecule has 0 spiro atoms. The zero-order chi connectivity index (χ0) is 19.6. The lowest BCUT2D eigenvalue weighted by Crippen LogP contribution is -2.06. The fourth-order valence-corrected chi connectivity index (χ4v) is 2.52. The summed E-state index contributed by atoms with van der Waals surface area (Å²) >= 11 is 0. The third-order valence-corrected chi connectivity index (χ3v) is 3.90. The van der Waals surface area contributed by atoms with E-state index >= 15 is 0 Å². The average Bonchev–Trinajstić information content (AvgIpc) is 3.02. The van der Waals surface area contributed by atoms with E-state index in [9.17, 15) is 19.7 Å². The number of ether oxygens (including phenoxy) is 2. The lowest BCUT2D eigenvalue weighted by Gasteiger charge is -2.01. The molecule has 3 rings (SSSR count). The zero-order valence-electron chi connectivity index (χ0n) is 14.5. The number of nitrogens with zero attached hydrogens (tertiary/aromatic N) is 2. The SMILES string of the molecule is COC(=O)c1ccc(/C=C2\N=C(c3ccc([N+](=O)[O-])c(C)c3)OC2=O)cc1. The number of methoxy groups -OCH3 is 1. The molecule has 0 radical (unpaired) electrons. The summed E-state index contributed by atoms with van der Waals surface area (Å²) in [4.78, 5) is 38.1. The number of esters is 2. The number of aliphatic imine (C=N–C) groups is 1. The lowest BCUT2D eigenvalue weighted by molar-refractivity contribution is -0.385. The zero-order valence-corrected chi connectivity index (χ0v) is 14.5. The van der Waals surface area contributed by atoms with Gasteiger partial charge in [-0.25, -0.2) is 14.6 Å². The van der Waals surface area contributed by atoms with Crippen LogP contribution >= 0.6 is 0 Å². The van der Waals surface area contributed by atoms with Crippen LogP contribution in [-0.2, 0) is 14.3 Å². The number of rotatable bonds is 4. The van der Waals surface area contributed by atoms with Gasteiger partial charge in [0.25, 0.3) is 5.69 Å². The van der Waals surface area contributed by atoms with Gasteiger partial charge in [0.05, 0.1) is 17.6 Å². The molecule has 1 aliphatic heterocycles. The Labute approximate surface area is 153 Å². The number of hydrogen-bond acceptors (Lipinski definition) is 7. The Bertz CT molecular complexity index is 1010. The van der Waals surface area contributed by atoms with Crippen LogP contribution in [0.4, 0.5) is 5.69 Å². The predicted octanol–water partition coefficient (Wildman–Crippen LogP) is 3.03. The topological polar surface area (TPSA) is 108 Å². The molecule has 0 atom stereocenters. The second-order valence-corrected chi connectivity index (χ2v) is 5.71. The highest BCUT2D eigenvalue weighted by atomic mass is 16.6. The maximum absolute atomic E-state index is 12.1. The van der Waals surface area contributed by atoms with Crippen molar-refractivity contribution in [2.24, 2.45) is 4.99 Å². The van der Waals surface area contributed by atoms with Crippen molar-refractivity contribution in [2.45, 2.75) is 6.92 Å². The monoisotopic (exact) mass is 366 g/mol. The normalized spacial score (nSPS) is 14.7. The molecule has 0 N–H and O–H groups in total. The molecular weight excluding hydrogens is 352 g/mol. The van der Waals surface area contributed by atoms with Crippen LogP contribution in [0.5, 0.6) is 0 Å². The van der Waals surface area contributed by atoms with Gasteiger partial charge in [0, 0.05) is 17.2 Å². The van der Waals surface area contributed by atoms with E-state index in [0.717, 1.165) is 0 Å². The van der Waals surface area contributed by atoms with Crippen molar-refractivity contribution < 1.29 is 24.0 Å². The molecule has 136 valence electrons. The maximum atomic E-state index is 12.1. The van der Waals surface area contributed by atoms with Crippen LogP contribution in [0.15, 0.2) is 53.2 Å². The standard InChI is InChI=1S/C19H14N2O6/c1-11-9-14(7-8-16(11)21(24)25)17-20-15(19(23)27-17)10-12-3-5-13(6-4-12)18(22)26-2/h3-10H,1-2H3/b15-10-. The van der Waals surface area contributed by atoms with Crippen LogP contribution < -0.4 is 0 Å². The first-order valence-corrected chi connectivity index (χ1v) is 7.85. The van der Waals surface area contributed by atoms with E-state index in [4.69, 9.17) is 4.74 Å². The number of carbonyl (C=O) groups excluding carboxylic acids is 2. The van der Waals surface area contributed by atoms with E-state index in [1.807, 2.05) is 0 Å². The van der Waals surface area contributed by atoms with Gasteiger partial charge in [-0.1, -0.05) is 12.1 Å². The van der Waals surface area contributed by atoms with E-state index in [2.05, 4.69) is 9.73 Å². The molecule has 1 heterocycles. The van der Waals surface area contributed by atoms with Gasteiger partial charge in [-0.05, 0) is 42.8 Å². The second-order valence-electron chi connectivity index (χ2n) is 5.71. The van der Waals surface area contributed by atoms with Gasteiger partial charge in [-0.15, -0.1) is 0 Å². The highest BCUT2D eigenvalue weighted by molar-refractivity contribution is 6.13. The van der Waals surface area contributed by atoms with Gasteiger partial charge < -0.3 is 9.47 Å². The molecule has 8 heteroatoms. The fourth-order valence-electron chi connectivity index (χ4n) is 2.52. The van der Waals surface area contributed by atoms with Gasteiger partial charge >= 0.3 is 11.9 Å². The van der Waals surface area contributed by atoms with Crippen molar-refractivity contribution in [2.75, 3.05) is 7.11 Å². The quantitative estimate of drug-likeness (QED) is 0.356. The van der Waals surface area contributed by atoms with Crippen LogP contribution in [-0.4, -0.2) is 29.9 Å². The summed E-state index contributed by atoms with van der Waals surface area (Å²) in [6.45, 7) is 1.60. The lowest BCUT2D eigenvalue weighted by atomic mass is 10.1. The molecule has 8 nitrogen and oxygen atoms in total. The van der Waals surface area contributed by atoms with E-state index in [1.165, 1.54) is 25.3 Å². The van der Waals surface area contributed by atoms with Gasteiger partial charge in [0.2, 0.25) is 5.90 Å². The van der Waals surface area contributed by atoms with Crippen LogP contribution in [0, 0.1) is 17.0 Å². The highest BCUT2D eigenvalue weighted by Gasteiger charge is 2.25. The van der Waals surface area contributed by atoms with Crippen LogP contribution in [0.25, 0.3) is 6.08 Å². The molecular formula is C19H14N2O6. The number of benzene rings is 2. The third-order valence-electron chi connectivity index (χ3n) is 3.90. The Hall–Kier alpha value is -3.81. The van der Waals surface area contributed by atoms with Crippen LogP contribution in [0.1, 0.15) is 27.0 Å². The van der Waals surface area contributed by atoms with E-state index in [-0.39, 0.29) is 17.3 Å². The number of hydrogen-bond donors (Lipinski definition) is 0. The number of aryl methyl sites for hydroxylation is 1. The van der Waals surface area contributed by atoms with Crippen molar-refractivity contribution in [3.63, 3.8) is 0 Å². The van der Waals surface area contributed by atoms with Crippen molar-refractivity contribution in [1.82, 2.24) is 0 Å². The Morgan fingerprint density at radius 3 is 2.52 bits per heavy atom. The number of cyclic esters (lactones) is 1. The van der Waals surface area contributed by atoms with Crippen LogP contribution in [0.3, 0.4) is 0 Å². The van der Waals surface area contributed by atoms with Gasteiger partial charge in [0.1, 0.15) is 0 Å². The van der Waals surface area contributed by atoms with E-state index in [1.54, 1.807) is 37.3 Å². The van der Waals surface area contributed by atoms with Crippen molar-refractivity contribution in [3.8, 4) is 0 Å². The minimum atomic E-state index is -0.627. The predicted molar refractivity (Wildman–Crippen MR) is 96.2 cm³/mol. The smallest absolute Gasteiger partial charge is 0.363 e. The average molecular weight is 366 g/mol. The summed E-state index contributed by atoms with van der Waals surface area (Å²) in [5.41, 5.74) is 2.01. The molecule has 2 aromatic carbocycles. The molecule has 1 aliphatic rings. The minimum absolute atomic E-state index is 0.0230. The molecule has 0 saturated heterocycles. The second kappa shape index (κ2) is 7.20. The Morgan fingerprint density at radius 2 is 1.93 bits per heavy atom. The first kappa shape index (κ1) is 18.0. The van der Waals surface area contributed by atoms with Crippen molar-refractivity contribution in [1.29, 1.82) is 0 Å². The molecule has 0 bridgehead atoms. The van der Waals surface area contributed by atoms with Gasteiger partial charge in [-0.3, -0.25) is 10.1 Å². The molecule has 0 unspecified atom stereocenters. The molecule has 0 saturated carbocycles. The summed E-state index contributed by atoms with van der Waals surface area (Å²) in [6, 6.07) is 10.8. The summed E-state index contributed by atoms with van der Waals surface area (Å²) in [6.07, 6.45) is 1.52. The summed E-state index contributed by atoms with van der Waals surface area (Å²) in [7, 11) is 1.29. The molecule has 0 aromatic heterocycles. The number of nitro groups is 1. The number of nitro benzene ring substituents is 1. The molecule has 0 fully saturated rings. The summed E-state index contributed by atoms with van der Waals surface area (Å²) in [5.74, 6) is -1.00. The number of carbonyl (C=O) groups is 2. The summed E-state index contributed by atoms with van der Waals surface area (Å²) in [5, 5.41) is 10.9.